The van der Waals surface area contributed by atoms with Crippen molar-refractivity contribution >= 4 is 17.5 Å². The Labute approximate surface area is 123 Å². The second kappa shape index (κ2) is 6.43. The minimum Gasteiger partial charge on any atom is -0.496 e. The van der Waals surface area contributed by atoms with Crippen LogP contribution in [0.3, 0.4) is 0 Å². The van der Waals surface area contributed by atoms with E-state index in [4.69, 9.17) is 26.8 Å². The van der Waals surface area contributed by atoms with Crippen LogP contribution in [0.1, 0.15) is 12.5 Å². The smallest absolute Gasteiger partial charge is 0.247 e. The van der Waals surface area contributed by atoms with E-state index in [1.165, 1.54) is 0 Å². The SMILES string of the molecule is COc1cccc(Cl)c1CN1C[C@@H](C)O[C@H](C(N)=O)C1. The lowest BCUT2D eigenvalue weighted by Gasteiger charge is -2.35. The average Bonchev–Trinajstić information content (AvgIpc) is 2.40. The predicted octanol–water partition coefficient (Wildman–Crippen LogP) is 1.42. The molecule has 1 fully saturated rings. The van der Waals surface area contributed by atoms with Gasteiger partial charge in [-0.05, 0) is 19.1 Å². The van der Waals surface area contributed by atoms with Gasteiger partial charge in [0.1, 0.15) is 11.9 Å². The molecule has 0 unspecified atom stereocenters. The highest BCUT2D eigenvalue weighted by Crippen LogP contribution is 2.28. The standard InChI is InChI=1S/C14H19ClN2O3/c1-9-6-17(8-13(20-9)14(16)18)7-10-11(15)4-3-5-12(10)19-2/h3-5,9,13H,6-8H2,1-2H3,(H2,16,18)/t9-,13+/m1/s1. The van der Waals surface area contributed by atoms with Gasteiger partial charge in [0.05, 0.1) is 13.2 Å². The third-order valence-corrected chi connectivity index (χ3v) is 3.68. The first kappa shape index (κ1) is 15.1. The zero-order valence-corrected chi connectivity index (χ0v) is 12.4. The highest BCUT2D eigenvalue weighted by atomic mass is 35.5. The molecule has 0 radical (unpaired) electrons. The third-order valence-electron chi connectivity index (χ3n) is 3.33. The summed E-state index contributed by atoms with van der Waals surface area (Å²) in [4.78, 5) is 13.4. The van der Waals surface area contributed by atoms with Crippen molar-refractivity contribution in [3.05, 3.63) is 28.8 Å². The minimum atomic E-state index is -0.577. The van der Waals surface area contributed by atoms with E-state index >= 15 is 0 Å². The van der Waals surface area contributed by atoms with Crippen LogP contribution >= 0.6 is 11.6 Å². The fourth-order valence-corrected chi connectivity index (χ4v) is 2.66. The van der Waals surface area contributed by atoms with Crippen LogP contribution in [0.15, 0.2) is 18.2 Å². The maximum absolute atomic E-state index is 11.3. The van der Waals surface area contributed by atoms with E-state index in [9.17, 15) is 4.79 Å². The first-order chi connectivity index (χ1) is 9.51. The van der Waals surface area contributed by atoms with Gasteiger partial charge in [-0.3, -0.25) is 9.69 Å². The molecule has 0 aromatic heterocycles. The molecule has 1 aliphatic heterocycles. The molecule has 1 amide bonds. The Morgan fingerprint density at radius 2 is 2.30 bits per heavy atom. The number of nitrogens with zero attached hydrogens (tertiary/aromatic N) is 1. The number of carbonyl (C=O) groups excluding carboxylic acids is 1. The molecule has 1 heterocycles. The van der Waals surface area contributed by atoms with Crippen LogP contribution < -0.4 is 10.5 Å². The summed E-state index contributed by atoms with van der Waals surface area (Å²) < 4.78 is 10.9. The van der Waals surface area contributed by atoms with E-state index in [1.807, 2.05) is 25.1 Å². The number of morpholine rings is 1. The van der Waals surface area contributed by atoms with Crippen molar-refractivity contribution in [2.24, 2.45) is 5.73 Å². The molecule has 0 bridgehead atoms. The van der Waals surface area contributed by atoms with Gasteiger partial charge in [-0.15, -0.1) is 0 Å². The molecule has 110 valence electrons. The fraction of sp³-hybridized carbons (Fsp3) is 0.500. The number of hydrogen-bond acceptors (Lipinski definition) is 4. The van der Waals surface area contributed by atoms with Crippen LogP contribution in [0.4, 0.5) is 0 Å². The van der Waals surface area contributed by atoms with E-state index in [0.717, 1.165) is 17.9 Å². The zero-order valence-electron chi connectivity index (χ0n) is 11.6. The van der Waals surface area contributed by atoms with Gasteiger partial charge in [0.25, 0.3) is 0 Å². The molecule has 2 atom stereocenters. The number of primary amides is 1. The molecule has 2 N–H and O–H groups in total. The van der Waals surface area contributed by atoms with E-state index in [1.54, 1.807) is 7.11 Å². The number of benzene rings is 1. The molecule has 0 aliphatic carbocycles. The maximum atomic E-state index is 11.3. The largest absolute Gasteiger partial charge is 0.496 e. The van der Waals surface area contributed by atoms with Gasteiger partial charge in [-0.2, -0.15) is 0 Å². The normalized spacial score (nSPS) is 23.6. The van der Waals surface area contributed by atoms with Crippen molar-refractivity contribution in [1.29, 1.82) is 0 Å². The Hall–Kier alpha value is -1.30. The lowest BCUT2D eigenvalue weighted by molar-refractivity contribution is -0.142. The summed E-state index contributed by atoms with van der Waals surface area (Å²) in [6.07, 6.45) is -0.623. The lowest BCUT2D eigenvalue weighted by atomic mass is 10.1. The number of hydrogen-bond donors (Lipinski definition) is 1. The monoisotopic (exact) mass is 298 g/mol. The lowest BCUT2D eigenvalue weighted by Crippen LogP contribution is -2.51. The summed E-state index contributed by atoms with van der Waals surface area (Å²) in [7, 11) is 1.61. The van der Waals surface area contributed by atoms with Gasteiger partial charge in [0, 0.05) is 30.2 Å². The van der Waals surface area contributed by atoms with Gasteiger partial charge < -0.3 is 15.2 Å². The Bertz CT molecular complexity index is 495. The Kier molecular flexibility index (Phi) is 4.86. The van der Waals surface area contributed by atoms with Crippen molar-refractivity contribution in [3.63, 3.8) is 0 Å². The molecule has 20 heavy (non-hydrogen) atoms. The molecule has 1 aliphatic rings. The van der Waals surface area contributed by atoms with Crippen molar-refractivity contribution in [2.75, 3.05) is 20.2 Å². The molecule has 6 heteroatoms. The summed E-state index contributed by atoms with van der Waals surface area (Å²) in [6, 6.07) is 5.55. The van der Waals surface area contributed by atoms with Gasteiger partial charge in [-0.1, -0.05) is 17.7 Å². The van der Waals surface area contributed by atoms with Crippen LogP contribution in [0.25, 0.3) is 0 Å². The number of amides is 1. The van der Waals surface area contributed by atoms with E-state index in [0.29, 0.717) is 18.1 Å². The molecular weight excluding hydrogens is 280 g/mol. The van der Waals surface area contributed by atoms with Crippen LogP contribution in [0.2, 0.25) is 5.02 Å². The third kappa shape index (κ3) is 3.42. The van der Waals surface area contributed by atoms with Crippen molar-refractivity contribution in [2.45, 2.75) is 25.7 Å². The highest BCUT2D eigenvalue weighted by Gasteiger charge is 2.29. The van der Waals surface area contributed by atoms with Crippen LogP contribution in [0.5, 0.6) is 5.75 Å². The Morgan fingerprint density at radius 1 is 1.55 bits per heavy atom. The van der Waals surface area contributed by atoms with Crippen molar-refractivity contribution in [3.8, 4) is 5.75 Å². The number of carbonyl (C=O) groups is 1. The highest BCUT2D eigenvalue weighted by molar-refractivity contribution is 6.31. The van der Waals surface area contributed by atoms with Crippen molar-refractivity contribution < 1.29 is 14.3 Å². The van der Waals surface area contributed by atoms with Crippen molar-refractivity contribution in [1.82, 2.24) is 4.90 Å². The van der Waals surface area contributed by atoms with E-state index in [2.05, 4.69) is 4.90 Å². The predicted molar refractivity (Wildman–Crippen MR) is 76.8 cm³/mol. The molecular formula is C14H19ClN2O3. The van der Waals surface area contributed by atoms with Gasteiger partial charge in [0.2, 0.25) is 5.91 Å². The fourth-order valence-electron chi connectivity index (χ4n) is 2.43. The first-order valence-corrected chi connectivity index (χ1v) is 6.87. The average molecular weight is 299 g/mol. The zero-order chi connectivity index (χ0) is 14.7. The van der Waals surface area contributed by atoms with Gasteiger partial charge in [-0.25, -0.2) is 0 Å². The number of halogens is 1. The van der Waals surface area contributed by atoms with Gasteiger partial charge >= 0.3 is 0 Å². The molecule has 0 saturated carbocycles. The van der Waals surface area contributed by atoms with Crippen LogP contribution in [-0.2, 0) is 16.1 Å². The molecule has 5 nitrogen and oxygen atoms in total. The molecule has 1 aromatic carbocycles. The second-order valence-electron chi connectivity index (χ2n) is 4.95. The summed E-state index contributed by atoms with van der Waals surface area (Å²) in [6.45, 7) is 3.71. The number of ether oxygens (including phenoxy) is 2. The van der Waals surface area contributed by atoms with Crippen LogP contribution in [-0.4, -0.2) is 43.2 Å². The van der Waals surface area contributed by atoms with E-state index in [-0.39, 0.29) is 6.10 Å². The molecule has 0 spiro atoms. The van der Waals surface area contributed by atoms with E-state index < -0.39 is 12.0 Å². The summed E-state index contributed by atoms with van der Waals surface area (Å²) in [5, 5.41) is 0.652. The summed E-state index contributed by atoms with van der Waals surface area (Å²) in [5.74, 6) is 0.306. The molecule has 1 saturated heterocycles. The Morgan fingerprint density at radius 3 is 2.95 bits per heavy atom. The number of nitrogens with two attached hydrogens (primary N) is 1. The number of methoxy groups -OCH3 is 1. The topological polar surface area (TPSA) is 64.8 Å². The quantitative estimate of drug-likeness (QED) is 0.913. The maximum Gasteiger partial charge on any atom is 0.247 e. The number of rotatable bonds is 4. The Balaban J connectivity index is 2.15. The minimum absolute atomic E-state index is 0.0465. The van der Waals surface area contributed by atoms with Gasteiger partial charge in [0.15, 0.2) is 0 Å². The molecule has 2 rings (SSSR count). The summed E-state index contributed by atoms with van der Waals surface area (Å²) in [5.41, 5.74) is 6.24. The second-order valence-corrected chi connectivity index (χ2v) is 5.36. The summed E-state index contributed by atoms with van der Waals surface area (Å²) >= 11 is 6.23. The van der Waals surface area contributed by atoms with Crippen LogP contribution in [0, 0.1) is 0 Å². The molecule has 1 aromatic rings. The first-order valence-electron chi connectivity index (χ1n) is 6.49.